The lowest BCUT2D eigenvalue weighted by molar-refractivity contribution is 0.405. The fourth-order valence-corrected chi connectivity index (χ4v) is 1.08. The topological polar surface area (TPSA) is 38.0 Å². The predicted molar refractivity (Wildman–Crippen MR) is 62.5 cm³/mol. The summed E-state index contributed by atoms with van der Waals surface area (Å²) in [5, 5.41) is 3.38. The highest BCUT2D eigenvalue weighted by molar-refractivity contribution is 5.44. The molecule has 2 heteroatoms. The lowest BCUT2D eigenvalue weighted by atomic mass is 9.94. The lowest BCUT2D eigenvalue weighted by Gasteiger charge is -2.23. The van der Waals surface area contributed by atoms with Crippen molar-refractivity contribution >= 4 is 5.69 Å². The second kappa shape index (κ2) is 4.47. The van der Waals surface area contributed by atoms with Crippen LogP contribution in [0.4, 0.5) is 5.69 Å². The maximum absolute atomic E-state index is 5.65. The predicted octanol–water partition coefficient (Wildman–Crippen LogP) is 2.39. The molecule has 0 aliphatic rings. The van der Waals surface area contributed by atoms with Crippen LogP contribution in [-0.4, -0.2) is 13.1 Å². The Kier molecular flexibility index (Phi) is 3.53. The lowest BCUT2D eigenvalue weighted by Crippen LogP contribution is -2.31. The summed E-state index contributed by atoms with van der Waals surface area (Å²) in [6.07, 6.45) is 0. The third kappa shape index (κ3) is 3.38. The van der Waals surface area contributed by atoms with Crippen molar-refractivity contribution in [1.82, 2.24) is 0 Å². The molecule has 0 spiro atoms. The quantitative estimate of drug-likeness (QED) is 0.768. The normalized spacial score (nSPS) is 11.4. The Morgan fingerprint density at radius 2 is 1.79 bits per heavy atom. The molecule has 0 atom stereocenters. The van der Waals surface area contributed by atoms with Crippen molar-refractivity contribution in [3.8, 4) is 0 Å². The van der Waals surface area contributed by atoms with E-state index in [0.29, 0.717) is 6.54 Å². The van der Waals surface area contributed by atoms with Gasteiger partial charge in [0.2, 0.25) is 0 Å². The zero-order valence-corrected chi connectivity index (χ0v) is 9.30. The van der Waals surface area contributed by atoms with Crippen LogP contribution in [0.3, 0.4) is 0 Å². The van der Waals surface area contributed by atoms with Gasteiger partial charge in [-0.3, -0.25) is 0 Å². The molecule has 1 aromatic carbocycles. The van der Waals surface area contributed by atoms with E-state index in [4.69, 9.17) is 5.73 Å². The minimum absolute atomic E-state index is 0.158. The van der Waals surface area contributed by atoms with Crippen LogP contribution in [0.15, 0.2) is 24.3 Å². The first-order valence-corrected chi connectivity index (χ1v) is 5.04. The number of anilines is 1. The highest BCUT2D eigenvalue weighted by atomic mass is 14.9. The molecule has 0 aliphatic carbocycles. The molecule has 78 valence electrons. The molecule has 0 amide bonds. The molecule has 3 N–H and O–H groups in total. The Morgan fingerprint density at radius 1 is 1.21 bits per heavy atom. The van der Waals surface area contributed by atoms with Crippen LogP contribution < -0.4 is 11.1 Å². The van der Waals surface area contributed by atoms with E-state index in [9.17, 15) is 0 Å². The Bertz CT molecular complexity index is 275. The first kappa shape index (κ1) is 11.1. The van der Waals surface area contributed by atoms with Crippen molar-refractivity contribution < 1.29 is 0 Å². The molecule has 0 saturated carbocycles. The highest BCUT2D eigenvalue weighted by Gasteiger charge is 2.14. The summed E-state index contributed by atoms with van der Waals surface area (Å²) >= 11 is 0. The number of rotatable bonds is 4. The average molecular weight is 192 g/mol. The molecule has 0 aromatic heterocycles. The van der Waals surface area contributed by atoms with Gasteiger partial charge >= 0.3 is 0 Å². The molecule has 0 bridgehead atoms. The summed E-state index contributed by atoms with van der Waals surface area (Å²) in [5.41, 5.74) is 8.26. The van der Waals surface area contributed by atoms with Crippen molar-refractivity contribution in [3.05, 3.63) is 29.8 Å². The van der Waals surface area contributed by atoms with E-state index in [0.717, 1.165) is 12.2 Å². The molecule has 0 fully saturated rings. The summed E-state index contributed by atoms with van der Waals surface area (Å²) < 4.78 is 0. The van der Waals surface area contributed by atoms with Gasteiger partial charge in [0.05, 0.1) is 0 Å². The Labute approximate surface area is 86.5 Å². The van der Waals surface area contributed by atoms with Gasteiger partial charge in [-0.15, -0.1) is 0 Å². The third-order valence-corrected chi connectivity index (χ3v) is 2.38. The second-order valence-electron chi connectivity index (χ2n) is 4.59. The van der Waals surface area contributed by atoms with Crippen molar-refractivity contribution in [2.45, 2.75) is 20.8 Å². The van der Waals surface area contributed by atoms with Crippen LogP contribution in [0.5, 0.6) is 0 Å². The number of hydrogen-bond acceptors (Lipinski definition) is 2. The van der Waals surface area contributed by atoms with Gasteiger partial charge < -0.3 is 11.1 Å². The van der Waals surface area contributed by atoms with Crippen LogP contribution in [0.25, 0.3) is 0 Å². The summed E-state index contributed by atoms with van der Waals surface area (Å²) in [4.78, 5) is 0. The molecule has 2 nitrogen and oxygen atoms in total. The zero-order valence-electron chi connectivity index (χ0n) is 9.30. The number of benzene rings is 1. The first-order chi connectivity index (χ1) is 6.53. The average Bonchev–Trinajstić information content (AvgIpc) is 2.17. The fraction of sp³-hybridized carbons (Fsp3) is 0.500. The Hall–Kier alpha value is -1.02. The Balaban J connectivity index is 2.50. The van der Waals surface area contributed by atoms with Gasteiger partial charge in [0.25, 0.3) is 0 Å². The van der Waals surface area contributed by atoms with Crippen molar-refractivity contribution in [1.29, 1.82) is 0 Å². The van der Waals surface area contributed by atoms with Gasteiger partial charge in [0, 0.05) is 12.2 Å². The van der Waals surface area contributed by atoms with E-state index in [-0.39, 0.29) is 5.41 Å². The molecule has 0 unspecified atom stereocenters. The first-order valence-electron chi connectivity index (χ1n) is 5.04. The van der Waals surface area contributed by atoms with Gasteiger partial charge in [-0.05, 0) is 31.0 Å². The van der Waals surface area contributed by atoms with Crippen molar-refractivity contribution in [3.63, 3.8) is 0 Å². The molecule has 14 heavy (non-hydrogen) atoms. The van der Waals surface area contributed by atoms with Gasteiger partial charge in [0.15, 0.2) is 0 Å². The Morgan fingerprint density at radius 3 is 2.29 bits per heavy atom. The van der Waals surface area contributed by atoms with Crippen molar-refractivity contribution in [2.75, 3.05) is 18.4 Å². The SMILES string of the molecule is Cc1ccc(NCC(C)(C)CN)cc1. The van der Waals surface area contributed by atoms with E-state index in [2.05, 4.69) is 50.4 Å². The maximum Gasteiger partial charge on any atom is 0.0340 e. The van der Waals surface area contributed by atoms with Crippen molar-refractivity contribution in [2.24, 2.45) is 11.1 Å². The molecular formula is C12H20N2. The summed E-state index contributed by atoms with van der Waals surface area (Å²) in [6, 6.07) is 8.42. The van der Waals surface area contributed by atoms with Gasteiger partial charge in [-0.1, -0.05) is 31.5 Å². The van der Waals surface area contributed by atoms with E-state index >= 15 is 0 Å². The molecule has 0 aliphatic heterocycles. The molecule has 1 rings (SSSR count). The largest absolute Gasteiger partial charge is 0.384 e. The molecule has 0 radical (unpaired) electrons. The van der Waals surface area contributed by atoms with Crippen LogP contribution in [0.2, 0.25) is 0 Å². The van der Waals surface area contributed by atoms with Crippen LogP contribution in [-0.2, 0) is 0 Å². The standard InChI is InChI=1S/C12H20N2/c1-10-4-6-11(7-5-10)14-9-12(2,3)8-13/h4-7,14H,8-9,13H2,1-3H3. The van der Waals surface area contributed by atoms with Crippen LogP contribution in [0, 0.1) is 12.3 Å². The number of nitrogens with one attached hydrogen (secondary N) is 1. The minimum atomic E-state index is 0.158. The third-order valence-electron chi connectivity index (χ3n) is 2.38. The fourth-order valence-electron chi connectivity index (χ4n) is 1.08. The smallest absolute Gasteiger partial charge is 0.0340 e. The second-order valence-corrected chi connectivity index (χ2v) is 4.59. The molecule has 1 aromatic rings. The van der Waals surface area contributed by atoms with Crippen LogP contribution >= 0.6 is 0 Å². The maximum atomic E-state index is 5.65. The molecule has 0 saturated heterocycles. The number of nitrogens with two attached hydrogens (primary N) is 1. The summed E-state index contributed by atoms with van der Waals surface area (Å²) in [7, 11) is 0. The zero-order chi connectivity index (χ0) is 10.6. The van der Waals surface area contributed by atoms with E-state index in [1.165, 1.54) is 5.56 Å². The molecule has 0 heterocycles. The number of aryl methyl sites for hydroxylation is 1. The van der Waals surface area contributed by atoms with Crippen LogP contribution in [0.1, 0.15) is 19.4 Å². The summed E-state index contributed by atoms with van der Waals surface area (Å²) in [6.45, 7) is 8.02. The van der Waals surface area contributed by atoms with Gasteiger partial charge in [-0.2, -0.15) is 0 Å². The van der Waals surface area contributed by atoms with Gasteiger partial charge in [0.1, 0.15) is 0 Å². The van der Waals surface area contributed by atoms with Gasteiger partial charge in [-0.25, -0.2) is 0 Å². The minimum Gasteiger partial charge on any atom is -0.384 e. The van der Waals surface area contributed by atoms with E-state index in [1.807, 2.05) is 0 Å². The van der Waals surface area contributed by atoms with E-state index in [1.54, 1.807) is 0 Å². The van der Waals surface area contributed by atoms with E-state index < -0.39 is 0 Å². The summed E-state index contributed by atoms with van der Waals surface area (Å²) in [5.74, 6) is 0. The number of hydrogen-bond donors (Lipinski definition) is 2. The molecular weight excluding hydrogens is 172 g/mol. The monoisotopic (exact) mass is 192 g/mol. The highest BCUT2D eigenvalue weighted by Crippen LogP contribution is 2.15.